The van der Waals surface area contributed by atoms with Gasteiger partial charge < -0.3 is 10.6 Å². The van der Waals surface area contributed by atoms with Gasteiger partial charge in [-0.05, 0) is 30.7 Å². The monoisotopic (exact) mass is 320 g/mol. The van der Waals surface area contributed by atoms with E-state index in [4.69, 9.17) is 0 Å². The molecular weight excluding hydrogens is 305 g/mol. The lowest BCUT2D eigenvalue weighted by Crippen LogP contribution is -2.25. The maximum absolute atomic E-state index is 12.8. The highest BCUT2D eigenvalue weighted by molar-refractivity contribution is 5.91. The van der Waals surface area contributed by atoms with E-state index in [1.165, 1.54) is 24.4 Å². The Morgan fingerprint density at radius 1 is 1.04 bits per heavy atom. The number of carbonyl (C=O) groups excluding carboxylic acids is 1. The number of para-hydroxylation sites is 1. The van der Waals surface area contributed by atoms with E-state index in [1.54, 1.807) is 6.08 Å². The smallest absolute Gasteiger partial charge is 0.314 e. The van der Waals surface area contributed by atoms with Crippen molar-refractivity contribution < 1.29 is 18.0 Å². The molecule has 23 heavy (non-hydrogen) atoms. The molecule has 2 aromatic carbocycles. The first-order valence-corrected chi connectivity index (χ1v) is 6.83. The molecular formula is C17H15F3N2O. The molecule has 0 aliphatic rings. The summed E-state index contributed by atoms with van der Waals surface area (Å²) in [5.74, 6) is 0. The van der Waals surface area contributed by atoms with E-state index in [9.17, 15) is 18.0 Å². The minimum absolute atomic E-state index is 0.291. The Balaban J connectivity index is 1.99. The quantitative estimate of drug-likeness (QED) is 0.837. The number of aryl methyl sites for hydroxylation is 1. The predicted octanol–water partition coefficient (Wildman–Crippen LogP) is 4.81. The van der Waals surface area contributed by atoms with Gasteiger partial charge in [0.2, 0.25) is 0 Å². The molecule has 0 aromatic heterocycles. The van der Waals surface area contributed by atoms with Crippen LogP contribution in [0.1, 0.15) is 16.7 Å². The van der Waals surface area contributed by atoms with Crippen LogP contribution in [-0.2, 0) is 6.18 Å². The summed E-state index contributed by atoms with van der Waals surface area (Å²) >= 11 is 0. The van der Waals surface area contributed by atoms with E-state index in [0.717, 1.165) is 17.2 Å². The molecule has 6 heteroatoms. The van der Waals surface area contributed by atoms with Crippen molar-refractivity contribution in [1.29, 1.82) is 0 Å². The fourth-order valence-corrected chi connectivity index (χ4v) is 1.89. The number of halogens is 3. The van der Waals surface area contributed by atoms with Crippen molar-refractivity contribution in [1.82, 2.24) is 5.32 Å². The van der Waals surface area contributed by atoms with Gasteiger partial charge in [0.15, 0.2) is 0 Å². The Labute approximate surface area is 131 Å². The summed E-state index contributed by atoms with van der Waals surface area (Å²) in [6, 6.07) is 11.6. The predicted molar refractivity (Wildman–Crippen MR) is 83.8 cm³/mol. The normalized spacial score (nSPS) is 11.5. The van der Waals surface area contributed by atoms with Gasteiger partial charge in [-0.1, -0.05) is 42.0 Å². The van der Waals surface area contributed by atoms with Crippen LogP contribution in [0.5, 0.6) is 0 Å². The van der Waals surface area contributed by atoms with Crippen LogP contribution in [0.4, 0.5) is 23.7 Å². The van der Waals surface area contributed by atoms with Crippen LogP contribution >= 0.6 is 0 Å². The fraction of sp³-hybridized carbons (Fsp3) is 0.118. The van der Waals surface area contributed by atoms with Gasteiger partial charge in [-0.2, -0.15) is 13.2 Å². The number of anilines is 1. The summed E-state index contributed by atoms with van der Waals surface area (Å²) < 4.78 is 38.5. The average Bonchev–Trinajstić information content (AvgIpc) is 2.49. The summed E-state index contributed by atoms with van der Waals surface area (Å²) in [7, 11) is 0. The summed E-state index contributed by atoms with van der Waals surface area (Å²) in [5.41, 5.74) is 0.794. The number of hydrogen-bond donors (Lipinski definition) is 2. The largest absolute Gasteiger partial charge is 0.418 e. The zero-order valence-corrected chi connectivity index (χ0v) is 12.3. The molecule has 0 atom stereocenters. The second-order valence-electron chi connectivity index (χ2n) is 4.89. The van der Waals surface area contributed by atoms with Gasteiger partial charge in [-0.15, -0.1) is 0 Å². The second kappa shape index (κ2) is 7.00. The molecule has 120 valence electrons. The lowest BCUT2D eigenvalue weighted by Gasteiger charge is -2.13. The number of alkyl halides is 3. The molecule has 0 aliphatic carbocycles. The van der Waals surface area contributed by atoms with E-state index in [0.29, 0.717) is 0 Å². The van der Waals surface area contributed by atoms with Gasteiger partial charge in [0.1, 0.15) is 0 Å². The number of nitrogens with one attached hydrogen (secondary N) is 2. The van der Waals surface area contributed by atoms with Crippen molar-refractivity contribution in [2.45, 2.75) is 13.1 Å². The zero-order valence-electron chi connectivity index (χ0n) is 12.3. The Bertz CT molecular complexity index is 707. The minimum Gasteiger partial charge on any atom is -0.314 e. The molecule has 0 fully saturated rings. The first-order chi connectivity index (χ1) is 10.9. The van der Waals surface area contributed by atoms with Gasteiger partial charge in [0, 0.05) is 6.20 Å². The molecule has 0 saturated carbocycles. The third kappa shape index (κ3) is 4.88. The van der Waals surface area contributed by atoms with Crippen LogP contribution in [-0.4, -0.2) is 6.03 Å². The molecule has 2 rings (SSSR count). The molecule has 0 heterocycles. The van der Waals surface area contributed by atoms with Gasteiger partial charge >= 0.3 is 12.2 Å². The fourth-order valence-electron chi connectivity index (χ4n) is 1.89. The maximum atomic E-state index is 12.8. The van der Waals surface area contributed by atoms with E-state index >= 15 is 0 Å². The van der Waals surface area contributed by atoms with Crippen LogP contribution in [0, 0.1) is 6.92 Å². The molecule has 0 radical (unpaired) electrons. The highest BCUT2D eigenvalue weighted by Crippen LogP contribution is 2.34. The number of hydrogen-bond acceptors (Lipinski definition) is 1. The Hall–Kier alpha value is -2.76. The topological polar surface area (TPSA) is 41.1 Å². The van der Waals surface area contributed by atoms with Gasteiger partial charge in [0.05, 0.1) is 11.3 Å². The number of urea groups is 1. The standard InChI is InChI=1S/C17H15F3N2O/c1-12-6-8-13(9-7-12)10-11-21-16(23)22-15-5-3-2-4-14(15)17(18,19)20/h2-11H,1H3,(H2,21,22,23)/b11-10+. The van der Waals surface area contributed by atoms with Crippen molar-refractivity contribution in [2.24, 2.45) is 0 Å². The molecule has 2 amide bonds. The van der Waals surface area contributed by atoms with E-state index in [-0.39, 0.29) is 5.69 Å². The van der Waals surface area contributed by atoms with Crippen LogP contribution < -0.4 is 10.6 Å². The van der Waals surface area contributed by atoms with E-state index in [2.05, 4.69) is 10.6 Å². The molecule has 0 unspecified atom stereocenters. The maximum Gasteiger partial charge on any atom is 0.418 e. The van der Waals surface area contributed by atoms with Crippen molar-refractivity contribution in [2.75, 3.05) is 5.32 Å². The summed E-state index contributed by atoms with van der Waals surface area (Å²) in [6.07, 6.45) is -1.51. The summed E-state index contributed by atoms with van der Waals surface area (Å²) in [4.78, 5) is 11.7. The lowest BCUT2D eigenvalue weighted by molar-refractivity contribution is -0.136. The molecule has 0 saturated heterocycles. The molecule has 0 spiro atoms. The second-order valence-corrected chi connectivity index (χ2v) is 4.89. The number of benzene rings is 2. The van der Waals surface area contributed by atoms with Crippen molar-refractivity contribution in [3.63, 3.8) is 0 Å². The minimum atomic E-state index is -4.53. The van der Waals surface area contributed by atoms with Crippen LogP contribution in [0.2, 0.25) is 0 Å². The van der Waals surface area contributed by atoms with Crippen LogP contribution in [0.25, 0.3) is 6.08 Å². The van der Waals surface area contributed by atoms with Gasteiger partial charge in [0.25, 0.3) is 0 Å². The van der Waals surface area contributed by atoms with Crippen molar-refractivity contribution >= 4 is 17.8 Å². The average molecular weight is 320 g/mol. The zero-order chi connectivity index (χ0) is 16.9. The Kier molecular flexibility index (Phi) is 5.05. The molecule has 3 nitrogen and oxygen atoms in total. The summed E-state index contributed by atoms with van der Waals surface area (Å²) in [5, 5.41) is 4.57. The summed E-state index contributed by atoms with van der Waals surface area (Å²) in [6.45, 7) is 1.96. The highest BCUT2D eigenvalue weighted by Gasteiger charge is 2.33. The third-order valence-electron chi connectivity index (χ3n) is 3.05. The molecule has 2 N–H and O–H groups in total. The van der Waals surface area contributed by atoms with Gasteiger partial charge in [-0.25, -0.2) is 4.79 Å². The number of rotatable bonds is 3. The van der Waals surface area contributed by atoms with Crippen LogP contribution in [0.3, 0.4) is 0 Å². The van der Waals surface area contributed by atoms with E-state index < -0.39 is 17.8 Å². The molecule has 2 aromatic rings. The van der Waals surface area contributed by atoms with Crippen molar-refractivity contribution in [3.8, 4) is 0 Å². The number of amides is 2. The lowest BCUT2D eigenvalue weighted by atomic mass is 10.1. The Morgan fingerprint density at radius 2 is 1.70 bits per heavy atom. The van der Waals surface area contributed by atoms with Gasteiger partial charge in [-0.3, -0.25) is 0 Å². The highest BCUT2D eigenvalue weighted by atomic mass is 19.4. The van der Waals surface area contributed by atoms with E-state index in [1.807, 2.05) is 31.2 Å². The Morgan fingerprint density at radius 3 is 2.35 bits per heavy atom. The van der Waals surface area contributed by atoms with Crippen LogP contribution in [0.15, 0.2) is 54.7 Å². The third-order valence-corrected chi connectivity index (χ3v) is 3.05. The molecule has 0 bridgehead atoms. The number of carbonyl (C=O) groups is 1. The SMILES string of the molecule is Cc1ccc(/C=C/NC(=O)Nc2ccccc2C(F)(F)F)cc1. The first-order valence-electron chi connectivity index (χ1n) is 6.83. The molecule has 0 aliphatic heterocycles. The first kappa shape index (κ1) is 16.6. The van der Waals surface area contributed by atoms with Crippen molar-refractivity contribution in [3.05, 3.63) is 71.4 Å².